The smallest absolute Gasteiger partial charge is 0.306 e. The van der Waals surface area contributed by atoms with E-state index < -0.39 is 10.0 Å². The highest BCUT2D eigenvalue weighted by atomic mass is 32.2. The molecular formula is C20H23N3O5S2. The zero-order valence-electron chi connectivity index (χ0n) is 16.7. The van der Waals surface area contributed by atoms with E-state index in [1.165, 1.54) is 23.7 Å². The van der Waals surface area contributed by atoms with Crippen molar-refractivity contribution in [3.05, 3.63) is 42.2 Å². The molecule has 160 valence electrons. The maximum Gasteiger partial charge on any atom is 0.306 e. The number of rotatable bonds is 7. The van der Waals surface area contributed by atoms with Crippen LogP contribution in [0, 0.1) is 0 Å². The van der Waals surface area contributed by atoms with Crippen LogP contribution in [0.5, 0.6) is 0 Å². The van der Waals surface area contributed by atoms with Crippen LogP contribution in [0.15, 0.2) is 51.1 Å². The molecule has 30 heavy (non-hydrogen) atoms. The van der Waals surface area contributed by atoms with Gasteiger partial charge in [-0.2, -0.15) is 8.42 Å². The third kappa shape index (κ3) is 3.93. The molecule has 4 rings (SSSR count). The molecule has 2 unspecified atom stereocenters. The molecule has 2 aromatic rings. The van der Waals surface area contributed by atoms with Crippen molar-refractivity contribution in [2.24, 2.45) is 4.99 Å². The molecule has 0 fully saturated rings. The third-order valence-electron chi connectivity index (χ3n) is 5.06. The minimum atomic E-state index is -3.79. The second kappa shape index (κ2) is 8.35. The third-order valence-corrected chi connectivity index (χ3v) is 8.02. The van der Waals surface area contributed by atoms with Gasteiger partial charge in [-0.3, -0.25) is 14.1 Å². The number of hydrogen-bond acceptors (Lipinski definition) is 8. The van der Waals surface area contributed by atoms with E-state index in [-0.39, 0.29) is 22.4 Å². The lowest BCUT2D eigenvalue weighted by Crippen LogP contribution is -2.28. The Morgan fingerprint density at radius 2 is 2.20 bits per heavy atom. The SMILES string of the molecule is CCOC(=O)CC1CN=C(C2Cc3cccc(N(C)S(=O)(=O)c4ccco4)c3N2)S1. The Labute approximate surface area is 179 Å². The van der Waals surface area contributed by atoms with Crippen LogP contribution in [0.3, 0.4) is 0 Å². The van der Waals surface area contributed by atoms with Gasteiger partial charge in [-0.25, -0.2) is 0 Å². The van der Waals surface area contributed by atoms with Gasteiger partial charge in [-0.05, 0) is 30.7 Å². The normalized spacial score (nSPS) is 20.4. The monoisotopic (exact) mass is 449 g/mol. The second-order valence-electron chi connectivity index (χ2n) is 7.04. The molecule has 10 heteroatoms. The highest BCUT2D eigenvalue weighted by molar-refractivity contribution is 8.15. The van der Waals surface area contributed by atoms with E-state index in [2.05, 4.69) is 10.3 Å². The first-order valence-corrected chi connectivity index (χ1v) is 12.0. The van der Waals surface area contributed by atoms with Gasteiger partial charge in [0.15, 0.2) is 0 Å². The summed E-state index contributed by atoms with van der Waals surface area (Å²) in [5.41, 5.74) is 2.35. The number of hydrogen-bond donors (Lipinski definition) is 1. The summed E-state index contributed by atoms with van der Waals surface area (Å²) in [6.45, 7) is 2.75. The highest BCUT2D eigenvalue weighted by Crippen LogP contribution is 2.40. The summed E-state index contributed by atoms with van der Waals surface area (Å²) in [6.07, 6.45) is 2.38. The molecule has 0 radical (unpaired) electrons. The van der Waals surface area contributed by atoms with Gasteiger partial charge in [0.1, 0.15) is 0 Å². The van der Waals surface area contributed by atoms with Crippen LogP contribution in [-0.4, -0.2) is 50.9 Å². The Bertz CT molecular complexity index is 1070. The second-order valence-corrected chi connectivity index (χ2v) is 10.3. The van der Waals surface area contributed by atoms with Crippen molar-refractivity contribution >= 4 is 44.2 Å². The number of carbonyl (C=O) groups excluding carboxylic acids is 1. The quantitative estimate of drug-likeness (QED) is 0.649. The highest BCUT2D eigenvalue weighted by Gasteiger charge is 2.34. The predicted octanol–water partition coefficient (Wildman–Crippen LogP) is 2.91. The number of furan rings is 1. The van der Waals surface area contributed by atoms with Gasteiger partial charge in [0.2, 0.25) is 5.09 Å². The largest absolute Gasteiger partial charge is 0.466 e. The van der Waals surface area contributed by atoms with Crippen molar-refractivity contribution in [3.63, 3.8) is 0 Å². The van der Waals surface area contributed by atoms with E-state index in [1.807, 2.05) is 12.1 Å². The first kappa shape index (κ1) is 20.8. The van der Waals surface area contributed by atoms with Crippen LogP contribution >= 0.6 is 11.8 Å². The van der Waals surface area contributed by atoms with E-state index in [4.69, 9.17) is 9.15 Å². The van der Waals surface area contributed by atoms with E-state index in [0.29, 0.717) is 31.7 Å². The number of fused-ring (bicyclic) bond motifs is 1. The van der Waals surface area contributed by atoms with Crippen molar-refractivity contribution < 1.29 is 22.4 Å². The Morgan fingerprint density at radius 1 is 1.37 bits per heavy atom. The molecular weight excluding hydrogens is 426 g/mol. The summed E-state index contributed by atoms with van der Waals surface area (Å²) < 4.78 is 37.1. The summed E-state index contributed by atoms with van der Waals surface area (Å²) in [5.74, 6) is -0.207. The van der Waals surface area contributed by atoms with Crippen LogP contribution in [0.1, 0.15) is 18.9 Å². The summed E-state index contributed by atoms with van der Waals surface area (Å²) in [7, 11) is -2.28. The number of carbonyl (C=O) groups is 1. The molecule has 0 aliphatic carbocycles. The van der Waals surface area contributed by atoms with Gasteiger partial charge in [-0.15, -0.1) is 11.8 Å². The molecule has 2 atom stereocenters. The van der Waals surface area contributed by atoms with E-state index in [1.54, 1.807) is 30.8 Å². The van der Waals surface area contributed by atoms with Gasteiger partial charge >= 0.3 is 5.97 Å². The molecule has 1 N–H and O–H groups in total. The molecule has 0 saturated heterocycles. The summed E-state index contributed by atoms with van der Waals surface area (Å²) >= 11 is 1.59. The van der Waals surface area contributed by atoms with Crippen molar-refractivity contribution in [2.45, 2.75) is 36.1 Å². The number of esters is 1. The lowest BCUT2D eigenvalue weighted by Gasteiger charge is -2.21. The molecule has 8 nitrogen and oxygen atoms in total. The molecule has 3 heterocycles. The van der Waals surface area contributed by atoms with Crippen LogP contribution < -0.4 is 9.62 Å². The molecule has 0 amide bonds. The first-order valence-electron chi connectivity index (χ1n) is 9.67. The fourth-order valence-electron chi connectivity index (χ4n) is 3.60. The number of sulfonamides is 1. The molecule has 2 aliphatic rings. The topological polar surface area (TPSA) is 101 Å². The van der Waals surface area contributed by atoms with Crippen molar-refractivity contribution in [3.8, 4) is 0 Å². The molecule has 1 aromatic carbocycles. The Morgan fingerprint density at radius 3 is 2.93 bits per heavy atom. The molecule has 0 saturated carbocycles. The van der Waals surface area contributed by atoms with Crippen LogP contribution in [0.25, 0.3) is 0 Å². The van der Waals surface area contributed by atoms with Crippen LogP contribution in [0.4, 0.5) is 11.4 Å². The minimum absolute atomic E-state index is 0.0435. The van der Waals surface area contributed by atoms with Gasteiger partial charge in [0, 0.05) is 18.7 Å². The van der Waals surface area contributed by atoms with Crippen molar-refractivity contribution in [2.75, 3.05) is 29.8 Å². The maximum atomic E-state index is 12.9. The number of thioether (sulfide) groups is 1. The summed E-state index contributed by atoms with van der Waals surface area (Å²) in [4.78, 5) is 16.4. The van der Waals surface area contributed by atoms with Crippen molar-refractivity contribution in [1.82, 2.24) is 0 Å². The number of anilines is 2. The average molecular weight is 450 g/mol. The van der Waals surface area contributed by atoms with Gasteiger partial charge in [-0.1, -0.05) is 12.1 Å². The van der Waals surface area contributed by atoms with Crippen LogP contribution in [0.2, 0.25) is 0 Å². The van der Waals surface area contributed by atoms with E-state index >= 15 is 0 Å². The zero-order chi connectivity index (χ0) is 21.3. The van der Waals surface area contributed by atoms with E-state index in [0.717, 1.165) is 16.3 Å². The van der Waals surface area contributed by atoms with Gasteiger partial charge in [0.25, 0.3) is 10.0 Å². The van der Waals surface area contributed by atoms with E-state index in [9.17, 15) is 13.2 Å². The Hall–Kier alpha value is -2.46. The van der Waals surface area contributed by atoms with Crippen molar-refractivity contribution in [1.29, 1.82) is 0 Å². The molecule has 1 aromatic heterocycles. The molecule has 2 aliphatic heterocycles. The number of nitrogens with one attached hydrogen (secondary N) is 1. The van der Waals surface area contributed by atoms with Gasteiger partial charge < -0.3 is 14.5 Å². The number of ether oxygens (including phenoxy) is 1. The standard InChI is InChI=1S/C20H23N3O5S2/c1-3-27-17(24)11-14-12-21-20(29-14)15-10-13-6-4-7-16(19(13)22-15)23(2)30(25,26)18-8-5-9-28-18/h4-9,14-15,22H,3,10-12H2,1-2H3. The Kier molecular flexibility index (Phi) is 5.79. The lowest BCUT2D eigenvalue weighted by molar-refractivity contribution is -0.143. The zero-order valence-corrected chi connectivity index (χ0v) is 18.3. The number of benzene rings is 1. The number of aliphatic imine (C=N–C) groups is 1. The fraction of sp³-hybridized carbons (Fsp3) is 0.400. The first-order chi connectivity index (χ1) is 14.4. The fourth-order valence-corrected chi connectivity index (χ4v) is 5.87. The van der Waals surface area contributed by atoms with Gasteiger partial charge in [0.05, 0.1) is 48.3 Å². The summed E-state index contributed by atoms with van der Waals surface area (Å²) in [6, 6.07) is 8.53. The predicted molar refractivity (Wildman–Crippen MR) is 117 cm³/mol. The van der Waals surface area contributed by atoms with Crippen LogP contribution in [-0.2, 0) is 26.0 Å². The molecule has 0 bridgehead atoms. The number of para-hydroxylation sites is 1. The maximum absolute atomic E-state index is 12.9. The average Bonchev–Trinajstić information content (AvgIpc) is 3.46. The summed E-state index contributed by atoms with van der Waals surface area (Å²) in [5, 5.41) is 4.34. The lowest BCUT2D eigenvalue weighted by atomic mass is 10.1. The Balaban J connectivity index is 1.49. The molecule has 0 spiro atoms. The number of nitrogens with zero attached hydrogens (tertiary/aromatic N) is 2. The minimum Gasteiger partial charge on any atom is -0.466 e.